The van der Waals surface area contributed by atoms with E-state index in [-0.39, 0.29) is 5.91 Å². The predicted molar refractivity (Wildman–Crippen MR) is 70.0 cm³/mol. The first kappa shape index (κ1) is 12.0. The first-order valence-corrected chi connectivity index (χ1v) is 6.99. The Morgan fingerprint density at radius 2 is 2.12 bits per heavy atom. The molecule has 88 valence electrons. The molecule has 2 rings (SSSR count). The van der Waals surface area contributed by atoms with Gasteiger partial charge in [0, 0.05) is 32.7 Å². The number of piperazine rings is 1. The summed E-state index contributed by atoms with van der Waals surface area (Å²) in [5.41, 5.74) is 1.37. The zero-order valence-corrected chi connectivity index (χ0v) is 10.8. The van der Waals surface area contributed by atoms with Crippen molar-refractivity contribution in [3.8, 4) is 0 Å². The molecule has 1 aromatic heterocycles. The summed E-state index contributed by atoms with van der Waals surface area (Å²) in [5.74, 6) is 0.475. The van der Waals surface area contributed by atoms with E-state index in [9.17, 15) is 4.79 Å². The van der Waals surface area contributed by atoms with Crippen LogP contribution in [0.5, 0.6) is 0 Å². The van der Waals surface area contributed by atoms with Gasteiger partial charge in [0.25, 0.3) is 0 Å². The highest BCUT2D eigenvalue weighted by atomic mass is 32.1. The highest BCUT2D eigenvalue weighted by Gasteiger charge is 2.19. The van der Waals surface area contributed by atoms with Crippen LogP contribution in [0.3, 0.4) is 0 Å². The minimum Gasteiger partial charge on any atom is -0.339 e. The molecule has 5 heteroatoms. The van der Waals surface area contributed by atoms with Gasteiger partial charge in [-0.25, -0.2) is 0 Å². The summed E-state index contributed by atoms with van der Waals surface area (Å²) < 4.78 is 0. The molecule has 0 radical (unpaired) electrons. The number of thiophene rings is 1. The molecule has 0 spiro atoms. The molecule has 2 heterocycles. The fourth-order valence-electron chi connectivity index (χ4n) is 1.90. The molecule has 16 heavy (non-hydrogen) atoms. The average Bonchev–Trinajstić information content (AvgIpc) is 2.82. The standard InChI is InChI=1S/C11H16N2OS2/c14-11(8-15)13-4-2-12(3-5-13)7-10-1-6-16-9-10/h1,6,9,15H,2-5,7-8H2. The lowest BCUT2D eigenvalue weighted by Gasteiger charge is -2.34. The lowest BCUT2D eigenvalue weighted by atomic mass is 10.2. The maximum atomic E-state index is 11.4. The van der Waals surface area contributed by atoms with Gasteiger partial charge in [0.1, 0.15) is 0 Å². The van der Waals surface area contributed by atoms with E-state index in [0.717, 1.165) is 32.7 Å². The normalized spacial score (nSPS) is 17.7. The van der Waals surface area contributed by atoms with Crippen LogP contribution in [0.15, 0.2) is 16.8 Å². The third-order valence-corrected chi connectivity index (χ3v) is 3.85. The molecule has 1 fully saturated rings. The van der Waals surface area contributed by atoms with Gasteiger partial charge in [-0.1, -0.05) is 0 Å². The van der Waals surface area contributed by atoms with Crippen molar-refractivity contribution in [1.29, 1.82) is 0 Å². The molecule has 0 N–H and O–H groups in total. The molecule has 1 aromatic rings. The second-order valence-corrected chi connectivity index (χ2v) is 5.04. The van der Waals surface area contributed by atoms with Crippen LogP contribution in [0.4, 0.5) is 0 Å². The number of nitrogens with zero attached hydrogens (tertiary/aromatic N) is 2. The summed E-state index contributed by atoms with van der Waals surface area (Å²) in [6.07, 6.45) is 0. The van der Waals surface area contributed by atoms with Crippen molar-refractivity contribution in [3.63, 3.8) is 0 Å². The van der Waals surface area contributed by atoms with Crippen molar-refractivity contribution in [1.82, 2.24) is 9.80 Å². The molecule has 0 aromatic carbocycles. The fraction of sp³-hybridized carbons (Fsp3) is 0.545. The number of carbonyl (C=O) groups excluding carboxylic acids is 1. The van der Waals surface area contributed by atoms with Crippen molar-refractivity contribution in [2.75, 3.05) is 31.9 Å². The van der Waals surface area contributed by atoms with E-state index >= 15 is 0 Å². The van der Waals surface area contributed by atoms with E-state index in [1.807, 2.05) is 4.90 Å². The maximum Gasteiger partial charge on any atom is 0.232 e. The quantitative estimate of drug-likeness (QED) is 0.825. The lowest BCUT2D eigenvalue weighted by Crippen LogP contribution is -2.48. The molecule has 0 saturated carbocycles. The van der Waals surface area contributed by atoms with E-state index in [0.29, 0.717) is 5.75 Å². The number of hydrogen-bond acceptors (Lipinski definition) is 4. The molecule has 0 aliphatic carbocycles. The summed E-state index contributed by atoms with van der Waals surface area (Å²) in [6.45, 7) is 4.62. The molecule has 1 aliphatic heterocycles. The van der Waals surface area contributed by atoms with Crippen LogP contribution in [0.25, 0.3) is 0 Å². The first-order chi connectivity index (χ1) is 7.79. The van der Waals surface area contributed by atoms with Crippen molar-refractivity contribution in [2.24, 2.45) is 0 Å². The summed E-state index contributed by atoms with van der Waals surface area (Å²) >= 11 is 5.75. The van der Waals surface area contributed by atoms with Crippen LogP contribution in [0.1, 0.15) is 5.56 Å². The lowest BCUT2D eigenvalue weighted by molar-refractivity contribution is -0.130. The molecular weight excluding hydrogens is 240 g/mol. The molecule has 0 bridgehead atoms. The molecule has 3 nitrogen and oxygen atoms in total. The number of rotatable bonds is 3. The third kappa shape index (κ3) is 2.99. The summed E-state index contributed by atoms with van der Waals surface area (Å²) in [6, 6.07) is 2.16. The number of hydrogen-bond donors (Lipinski definition) is 1. The second-order valence-electron chi connectivity index (χ2n) is 3.95. The zero-order chi connectivity index (χ0) is 11.4. The van der Waals surface area contributed by atoms with E-state index in [1.54, 1.807) is 11.3 Å². The zero-order valence-electron chi connectivity index (χ0n) is 9.13. The van der Waals surface area contributed by atoms with Gasteiger partial charge in [-0.2, -0.15) is 24.0 Å². The van der Waals surface area contributed by atoms with Crippen molar-refractivity contribution >= 4 is 29.9 Å². The third-order valence-electron chi connectivity index (χ3n) is 2.85. The maximum absolute atomic E-state index is 11.4. The Labute approximate surface area is 105 Å². The Bertz CT molecular complexity index is 332. The minimum absolute atomic E-state index is 0.151. The molecule has 1 saturated heterocycles. The van der Waals surface area contributed by atoms with Crippen LogP contribution in [-0.4, -0.2) is 47.6 Å². The van der Waals surface area contributed by atoms with Gasteiger partial charge in [0.2, 0.25) is 5.91 Å². The van der Waals surface area contributed by atoms with Crippen molar-refractivity contribution < 1.29 is 4.79 Å². The largest absolute Gasteiger partial charge is 0.339 e. The van der Waals surface area contributed by atoms with Crippen LogP contribution in [0.2, 0.25) is 0 Å². The first-order valence-electron chi connectivity index (χ1n) is 5.41. The number of thiol groups is 1. The number of carbonyl (C=O) groups is 1. The van der Waals surface area contributed by atoms with Gasteiger partial charge in [-0.15, -0.1) is 0 Å². The van der Waals surface area contributed by atoms with Crippen molar-refractivity contribution in [3.05, 3.63) is 22.4 Å². The highest BCUT2D eigenvalue weighted by Crippen LogP contribution is 2.11. The Morgan fingerprint density at radius 1 is 1.38 bits per heavy atom. The second kappa shape index (κ2) is 5.70. The molecule has 0 atom stereocenters. The van der Waals surface area contributed by atoms with Gasteiger partial charge in [-0.05, 0) is 22.4 Å². The Kier molecular flexibility index (Phi) is 4.26. The molecule has 1 aliphatic rings. The van der Waals surface area contributed by atoms with Crippen molar-refractivity contribution in [2.45, 2.75) is 6.54 Å². The van der Waals surface area contributed by atoms with E-state index < -0.39 is 0 Å². The Balaban J connectivity index is 1.79. The number of amides is 1. The molecular formula is C11H16N2OS2. The van der Waals surface area contributed by atoms with Gasteiger partial charge < -0.3 is 4.90 Å². The summed E-state index contributed by atoms with van der Waals surface area (Å²) in [7, 11) is 0. The van der Waals surface area contributed by atoms with Gasteiger partial charge in [0.15, 0.2) is 0 Å². The predicted octanol–water partition coefficient (Wildman–Crippen LogP) is 1.32. The average molecular weight is 256 g/mol. The summed E-state index contributed by atoms with van der Waals surface area (Å²) in [5, 5.41) is 4.29. The van der Waals surface area contributed by atoms with E-state index in [1.165, 1.54) is 5.56 Å². The van der Waals surface area contributed by atoms with E-state index in [4.69, 9.17) is 0 Å². The monoisotopic (exact) mass is 256 g/mol. The van der Waals surface area contributed by atoms with Crippen LogP contribution in [-0.2, 0) is 11.3 Å². The van der Waals surface area contributed by atoms with E-state index in [2.05, 4.69) is 34.4 Å². The van der Waals surface area contributed by atoms with Crippen LogP contribution in [0, 0.1) is 0 Å². The topological polar surface area (TPSA) is 23.6 Å². The molecule has 0 unspecified atom stereocenters. The smallest absolute Gasteiger partial charge is 0.232 e. The Hall–Kier alpha value is -0.520. The van der Waals surface area contributed by atoms with Crippen LogP contribution < -0.4 is 0 Å². The summed E-state index contributed by atoms with van der Waals surface area (Å²) in [4.78, 5) is 15.7. The Morgan fingerprint density at radius 3 is 2.69 bits per heavy atom. The fourth-order valence-corrected chi connectivity index (χ4v) is 2.76. The minimum atomic E-state index is 0.151. The highest BCUT2D eigenvalue weighted by molar-refractivity contribution is 7.81. The van der Waals surface area contributed by atoms with Gasteiger partial charge >= 0.3 is 0 Å². The van der Waals surface area contributed by atoms with Gasteiger partial charge in [0.05, 0.1) is 5.75 Å². The van der Waals surface area contributed by atoms with Crippen LogP contribution >= 0.6 is 24.0 Å². The SMILES string of the molecule is O=C(CS)N1CCN(Cc2ccsc2)CC1. The molecule has 1 amide bonds. The van der Waals surface area contributed by atoms with Gasteiger partial charge in [-0.3, -0.25) is 9.69 Å².